The molecule has 2 heterocycles. The SMILES string of the molecule is CCc1cc(N2CCC(N(C)C)CC2)nc(-c2ccc([N+](=O)[O-])cc2)n1. The van der Waals surface area contributed by atoms with Crippen LogP contribution in [0, 0.1) is 10.1 Å². The Morgan fingerprint density at radius 1 is 1.19 bits per heavy atom. The number of benzene rings is 1. The minimum absolute atomic E-state index is 0.0753. The molecule has 1 saturated heterocycles. The number of nitro benzene ring substituents is 1. The summed E-state index contributed by atoms with van der Waals surface area (Å²) >= 11 is 0. The largest absolute Gasteiger partial charge is 0.356 e. The van der Waals surface area contributed by atoms with Crippen LogP contribution in [0.3, 0.4) is 0 Å². The molecule has 0 saturated carbocycles. The van der Waals surface area contributed by atoms with Crippen LogP contribution in [0.15, 0.2) is 30.3 Å². The van der Waals surface area contributed by atoms with Gasteiger partial charge in [-0.05, 0) is 45.5 Å². The molecule has 0 unspecified atom stereocenters. The fraction of sp³-hybridized carbons (Fsp3) is 0.474. The van der Waals surface area contributed by atoms with Gasteiger partial charge >= 0.3 is 0 Å². The zero-order valence-corrected chi connectivity index (χ0v) is 15.6. The maximum Gasteiger partial charge on any atom is 0.269 e. The molecule has 0 bridgehead atoms. The van der Waals surface area contributed by atoms with Gasteiger partial charge in [0.15, 0.2) is 5.82 Å². The maximum absolute atomic E-state index is 10.8. The minimum atomic E-state index is -0.395. The van der Waals surface area contributed by atoms with Crippen LogP contribution in [0.5, 0.6) is 0 Å². The van der Waals surface area contributed by atoms with Crippen LogP contribution in [0.4, 0.5) is 11.5 Å². The van der Waals surface area contributed by atoms with Gasteiger partial charge in [0, 0.05) is 48.6 Å². The van der Waals surface area contributed by atoms with Gasteiger partial charge in [-0.2, -0.15) is 0 Å². The van der Waals surface area contributed by atoms with E-state index in [1.807, 2.05) is 0 Å². The fourth-order valence-electron chi connectivity index (χ4n) is 3.30. The normalized spacial score (nSPS) is 15.5. The third kappa shape index (κ3) is 3.99. The summed E-state index contributed by atoms with van der Waals surface area (Å²) < 4.78 is 0. The number of anilines is 1. The summed E-state index contributed by atoms with van der Waals surface area (Å²) in [5.74, 6) is 1.58. The highest BCUT2D eigenvalue weighted by molar-refractivity contribution is 5.60. The van der Waals surface area contributed by atoms with E-state index in [9.17, 15) is 10.1 Å². The van der Waals surface area contributed by atoms with Gasteiger partial charge in [0.1, 0.15) is 5.82 Å². The van der Waals surface area contributed by atoms with Crippen LogP contribution in [0.2, 0.25) is 0 Å². The lowest BCUT2D eigenvalue weighted by atomic mass is 10.0. The van der Waals surface area contributed by atoms with Crippen molar-refractivity contribution in [2.45, 2.75) is 32.2 Å². The first-order valence-corrected chi connectivity index (χ1v) is 9.02. The molecule has 0 atom stereocenters. The van der Waals surface area contributed by atoms with E-state index in [0.29, 0.717) is 11.9 Å². The molecule has 1 aromatic carbocycles. The van der Waals surface area contributed by atoms with E-state index in [1.54, 1.807) is 12.1 Å². The number of nitro groups is 1. The van der Waals surface area contributed by atoms with Crippen molar-refractivity contribution in [2.75, 3.05) is 32.1 Å². The topological polar surface area (TPSA) is 75.4 Å². The zero-order valence-electron chi connectivity index (χ0n) is 15.6. The molecule has 1 aromatic heterocycles. The monoisotopic (exact) mass is 355 g/mol. The molecule has 1 fully saturated rings. The van der Waals surface area contributed by atoms with Crippen molar-refractivity contribution in [3.05, 3.63) is 46.1 Å². The number of hydrogen-bond acceptors (Lipinski definition) is 6. The van der Waals surface area contributed by atoms with Crippen molar-refractivity contribution in [3.8, 4) is 11.4 Å². The second-order valence-electron chi connectivity index (χ2n) is 6.88. The Morgan fingerprint density at radius 2 is 1.85 bits per heavy atom. The Balaban J connectivity index is 1.86. The van der Waals surface area contributed by atoms with Gasteiger partial charge < -0.3 is 9.80 Å². The second kappa shape index (κ2) is 7.78. The Bertz CT molecular complexity index is 768. The lowest BCUT2D eigenvalue weighted by Gasteiger charge is -2.36. The van der Waals surface area contributed by atoms with Crippen molar-refractivity contribution in [3.63, 3.8) is 0 Å². The quantitative estimate of drug-likeness (QED) is 0.606. The van der Waals surface area contributed by atoms with Crippen LogP contribution in [0.1, 0.15) is 25.5 Å². The molecule has 7 nitrogen and oxygen atoms in total. The van der Waals surface area contributed by atoms with Gasteiger partial charge in [-0.15, -0.1) is 0 Å². The van der Waals surface area contributed by atoms with E-state index in [0.717, 1.165) is 49.4 Å². The molecule has 138 valence electrons. The molecule has 3 rings (SSSR count). The van der Waals surface area contributed by atoms with Crippen LogP contribution < -0.4 is 4.90 Å². The molecule has 0 N–H and O–H groups in total. The summed E-state index contributed by atoms with van der Waals surface area (Å²) in [6, 6.07) is 9.11. The fourth-order valence-corrected chi connectivity index (χ4v) is 3.30. The van der Waals surface area contributed by atoms with E-state index < -0.39 is 4.92 Å². The number of nitrogens with zero attached hydrogens (tertiary/aromatic N) is 5. The summed E-state index contributed by atoms with van der Waals surface area (Å²) in [7, 11) is 4.26. The molecule has 0 spiro atoms. The molecule has 1 aliphatic heterocycles. The summed E-state index contributed by atoms with van der Waals surface area (Å²) in [5.41, 5.74) is 1.86. The summed E-state index contributed by atoms with van der Waals surface area (Å²) in [4.78, 5) is 24.4. The molecule has 2 aromatic rings. The van der Waals surface area contributed by atoms with Crippen molar-refractivity contribution in [1.29, 1.82) is 0 Å². The number of non-ortho nitro benzene ring substituents is 1. The van der Waals surface area contributed by atoms with Crippen LogP contribution in [-0.4, -0.2) is 53.0 Å². The van der Waals surface area contributed by atoms with Crippen LogP contribution in [0.25, 0.3) is 11.4 Å². The highest BCUT2D eigenvalue weighted by Crippen LogP contribution is 2.25. The first kappa shape index (κ1) is 18.3. The number of piperidine rings is 1. The van der Waals surface area contributed by atoms with Gasteiger partial charge in [-0.25, -0.2) is 9.97 Å². The van der Waals surface area contributed by atoms with Gasteiger partial charge in [-0.3, -0.25) is 10.1 Å². The Labute approximate surface area is 153 Å². The number of rotatable bonds is 5. The Morgan fingerprint density at radius 3 is 2.38 bits per heavy atom. The van der Waals surface area contributed by atoms with Gasteiger partial charge in [-0.1, -0.05) is 6.92 Å². The van der Waals surface area contributed by atoms with Gasteiger partial charge in [0.05, 0.1) is 4.92 Å². The number of aromatic nitrogens is 2. The van der Waals surface area contributed by atoms with E-state index in [-0.39, 0.29) is 5.69 Å². The minimum Gasteiger partial charge on any atom is -0.356 e. The van der Waals surface area contributed by atoms with E-state index in [4.69, 9.17) is 4.98 Å². The third-order valence-corrected chi connectivity index (χ3v) is 4.98. The lowest BCUT2D eigenvalue weighted by Crippen LogP contribution is -2.42. The highest BCUT2D eigenvalue weighted by Gasteiger charge is 2.22. The highest BCUT2D eigenvalue weighted by atomic mass is 16.6. The molecule has 1 aliphatic rings. The van der Waals surface area contributed by atoms with Crippen molar-refractivity contribution in [2.24, 2.45) is 0 Å². The first-order chi connectivity index (χ1) is 12.5. The number of aryl methyl sites for hydroxylation is 1. The molecular formula is C19H25N5O2. The van der Waals surface area contributed by atoms with Crippen molar-refractivity contribution < 1.29 is 4.92 Å². The number of hydrogen-bond donors (Lipinski definition) is 0. The Hall–Kier alpha value is -2.54. The zero-order chi connectivity index (χ0) is 18.7. The smallest absolute Gasteiger partial charge is 0.269 e. The van der Waals surface area contributed by atoms with Crippen LogP contribution >= 0.6 is 0 Å². The van der Waals surface area contributed by atoms with Gasteiger partial charge in [0.2, 0.25) is 0 Å². The second-order valence-corrected chi connectivity index (χ2v) is 6.88. The van der Waals surface area contributed by atoms with E-state index in [2.05, 4.69) is 41.9 Å². The Kier molecular flexibility index (Phi) is 5.46. The van der Waals surface area contributed by atoms with Gasteiger partial charge in [0.25, 0.3) is 5.69 Å². The average Bonchev–Trinajstić information content (AvgIpc) is 2.67. The molecule has 0 radical (unpaired) electrons. The molecular weight excluding hydrogens is 330 g/mol. The average molecular weight is 355 g/mol. The van der Waals surface area contributed by atoms with E-state index in [1.165, 1.54) is 12.1 Å². The third-order valence-electron chi connectivity index (χ3n) is 4.98. The van der Waals surface area contributed by atoms with E-state index >= 15 is 0 Å². The van der Waals surface area contributed by atoms with Crippen LogP contribution in [-0.2, 0) is 6.42 Å². The lowest BCUT2D eigenvalue weighted by molar-refractivity contribution is -0.384. The molecule has 7 heteroatoms. The first-order valence-electron chi connectivity index (χ1n) is 9.02. The molecule has 26 heavy (non-hydrogen) atoms. The predicted molar refractivity (Wildman–Crippen MR) is 102 cm³/mol. The van der Waals surface area contributed by atoms with Crippen molar-refractivity contribution in [1.82, 2.24) is 14.9 Å². The molecule has 0 aliphatic carbocycles. The standard InChI is InChI=1S/C19H25N5O2/c1-4-15-13-18(23-11-9-16(10-12-23)22(2)3)21-19(20-15)14-5-7-17(8-6-14)24(25)26/h5-8,13,16H,4,9-12H2,1-3H3. The maximum atomic E-state index is 10.8. The summed E-state index contributed by atoms with van der Waals surface area (Å²) in [6.45, 7) is 4.02. The predicted octanol–water partition coefficient (Wildman–Crippen LogP) is 3.14. The summed E-state index contributed by atoms with van der Waals surface area (Å²) in [6.07, 6.45) is 3.06. The summed E-state index contributed by atoms with van der Waals surface area (Å²) in [5, 5.41) is 10.8. The van der Waals surface area contributed by atoms with Crippen molar-refractivity contribution >= 4 is 11.5 Å². The molecule has 0 amide bonds.